The number of nitrogens with zero attached hydrogens (tertiary/aromatic N) is 3. The highest BCUT2D eigenvalue weighted by Gasteiger charge is 2.27. The fourth-order valence-corrected chi connectivity index (χ4v) is 3.47. The molecule has 2 aromatic heterocycles. The third-order valence-electron chi connectivity index (χ3n) is 3.19. The second-order valence-electron chi connectivity index (χ2n) is 4.64. The van der Waals surface area contributed by atoms with E-state index < -0.39 is 0 Å². The molecule has 1 fully saturated rings. The van der Waals surface area contributed by atoms with Gasteiger partial charge >= 0.3 is 0 Å². The van der Waals surface area contributed by atoms with Crippen LogP contribution in [0.5, 0.6) is 5.19 Å². The molecule has 2 aromatic rings. The van der Waals surface area contributed by atoms with Crippen molar-refractivity contribution in [2.45, 2.75) is 17.4 Å². The molecule has 5 nitrogen and oxygen atoms in total. The maximum absolute atomic E-state index is 12.2. The molecule has 0 aromatic carbocycles. The van der Waals surface area contributed by atoms with E-state index in [4.69, 9.17) is 4.74 Å². The second-order valence-corrected chi connectivity index (χ2v) is 6.54. The Labute approximate surface area is 131 Å². The standard InChI is InChI=1S/C14H15N3O2S2/c18-13(10-21-12-1-4-15-5-2-12)17-7-3-11(9-17)19-14-16-6-8-20-14/h1-2,4-6,8,11H,3,7,9-10H2. The molecule has 3 heterocycles. The van der Waals surface area contributed by atoms with E-state index in [2.05, 4.69) is 9.97 Å². The van der Waals surface area contributed by atoms with E-state index in [-0.39, 0.29) is 12.0 Å². The number of aromatic nitrogens is 2. The van der Waals surface area contributed by atoms with Crippen molar-refractivity contribution in [3.05, 3.63) is 36.1 Å². The van der Waals surface area contributed by atoms with Gasteiger partial charge in [-0.1, -0.05) is 11.3 Å². The monoisotopic (exact) mass is 321 g/mol. The highest BCUT2D eigenvalue weighted by Crippen LogP contribution is 2.22. The molecule has 3 rings (SSSR count). The van der Waals surface area contributed by atoms with Crippen molar-refractivity contribution in [1.82, 2.24) is 14.9 Å². The lowest BCUT2D eigenvalue weighted by Gasteiger charge is -2.16. The summed E-state index contributed by atoms with van der Waals surface area (Å²) in [4.78, 5) is 23.2. The van der Waals surface area contributed by atoms with Crippen LogP contribution in [0.25, 0.3) is 0 Å². The zero-order valence-corrected chi connectivity index (χ0v) is 13.0. The first-order valence-electron chi connectivity index (χ1n) is 6.68. The number of amides is 1. The number of hydrogen-bond donors (Lipinski definition) is 0. The van der Waals surface area contributed by atoms with Crippen LogP contribution in [0.15, 0.2) is 41.0 Å². The molecule has 21 heavy (non-hydrogen) atoms. The first-order valence-corrected chi connectivity index (χ1v) is 8.54. The van der Waals surface area contributed by atoms with Crippen molar-refractivity contribution < 1.29 is 9.53 Å². The molecular weight excluding hydrogens is 306 g/mol. The van der Waals surface area contributed by atoms with Gasteiger partial charge in [-0.3, -0.25) is 9.78 Å². The summed E-state index contributed by atoms with van der Waals surface area (Å²) < 4.78 is 5.76. The van der Waals surface area contributed by atoms with Crippen molar-refractivity contribution in [2.24, 2.45) is 0 Å². The molecule has 110 valence electrons. The van der Waals surface area contributed by atoms with Crippen molar-refractivity contribution in [1.29, 1.82) is 0 Å². The van der Waals surface area contributed by atoms with Gasteiger partial charge in [0.05, 0.1) is 12.3 Å². The van der Waals surface area contributed by atoms with Crippen molar-refractivity contribution >= 4 is 29.0 Å². The molecule has 0 N–H and O–H groups in total. The van der Waals surface area contributed by atoms with Crippen LogP contribution in [0.3, 0.4) is 0 Å². The van der Waals surface area contributed by atoms with Gasteiger partial charge in [0, 0.05) is 41.8 Å². The SMILES string of the molecule is O=C(CSc1ccncc1)N1CCC(Oc2nccs2)C1. The van der Waals surface area contributed by atoms with E-state index in [1.54, 1.807) is 18.6 Å². The Bertz CT molecular complexity index is 577. The molecule has 1 unspecified atom stereocenters. The molecule has 0 radical (unpaired) electrons. The molecule has 1 aliphatic rings. The van der Waals surface area contributed by atoms with E-state index in [1.807, 2.05) is 22.4 Å². The number of ether oxygens (including phenoxy) is 1. The summed E-state index contributed by atoms with van der Waals surface area (Å²) in [5, 5.41) is 2.57. The van der Waals surface area contributed by atoms with E-state index >= 15 is 0 Å². The molecule has 0 bridgehead atoms. The first kappa shape index (κ1) is 14.3. The fourth-order valence-electron chi connectivity index (χ4n) is 2.13. The summed E-state index contributed by atoms with van der Waals surface area (Å²) in [5.74, 6) is 0.607. The zero-order valence-electron chi connectivity index (χ0n) is 11.3. The molecule has 0 aliphatic carbocycles. The van der Waals surface area contributed by atoms with Crippen LogP contribution in [0.2, 0.25) is 0 Å². The lowest BCUT2D eigenvalue weighted by atomic mass is 10.3. The predicted octanol–water partition coefficient (Wildman–Crippen LogP) is 2.31. The third kappa shape index (κ3) is 3.95. The van der Waals surface area contributed by atoms with E-state index in [9.17, 15) is 4.79 Å². The maximum Gasteiger partial charge on any atom is 0.273 e. The maximum atomic E-state index is 12.2. The van der Waals surface area contributed by atoms with Gasteiger partial charge in [-0.15, -0.1) is 11.8 Å². The number of thioether (sulfide) groups is 1. The number of likely N-dealkylation sites (tertiary alicyclic amines) is 1. The number of pyridine rings is 1. The molecular formula is C14H15N3O2S2. The highest BCUT2D eigenvalue weighted by atomic mass is 32.2. The molecule has 1 aliphatic heterocycles. The van der Waals surface area contributed by atoms with Gasteiger partial charge < -0.3 is 9.64 Å². The molecule has 0 spiro atoms. The van der Waals surface area contributed by atoms with Crippen LogP contribution in [0.1, 0.15) is 6.42 Å². The molecule has 1 atom stereocenters. The van der Waals surface area contributed by atoms with Gasteiger partial charge in [0.15, 0.2) is 0 Å². The van der Waals surface area contributed by atoms with Crippen molar-refractivity contribution in [2.75, 3.05) is 18.8 Å². The average molecular weight is 321 g/mol. The summed E-state index contributed by atoms with van der Waals surface area (Å²) >= 11 is 3.02. The molecule has 1 amide bonds. The summed E-state index contributed by atoms with van der Waals surface area (Å²) in [5.41, 5.74) is 0. The Morgan fingerprint density at radius 3 is 3.05 bits per heavy atom. The van der Waals surface area contributed by atoms with Crippen molar-refractivity contribution in [3.63, 3.8) is 0 Å². The van der Waals surface area contributed by atoms with Gasteiger partial charge in [0.25, 0.3) is 5.19 Å². The fraction of sp³-hybridized carbons (Fsp3) is 0.357. The number of hydrogen-bond acceptors (Lipinski definition) is 6. The normalized spacial score (nSPS) is 17.9. The zero-order chi connectivity index (χ0) is 14.5. The Morgan fingerprint density at radius 1 is 1.43 bits per heavy atom. The van der Waals surface area contributed by atoms with E-state index in [0.29, 0.717) is 17.5 Å². The second kappa shape index (κ2) is 6.91. The number of carbonyl (C=O) groups excluding carboxylic acids is 1. The van der Waals surface area contributed by atoms with Crippen LogP contribution >= 0.6 is 23.1 Å². The quantitative estimate of drug-likeness (QED) is 0.791. The minimum absolute atomic E-state index is 0.0611. The molecule has 0 saturated carbocycles. The largest absolute Gasteiger partial charge is 0.465 e. The summed E-state index contributed by atoms with van der Waals surface area (Å²) in [6.07, 6.45) is 6.13. The van der Waals surface area contributed by atoms with Crippen LogP contribution in [-0.2, 0) is 4.79 Å². The number of rotatable bonds is 5. The van der Waals surface area contributed by atoms with Crippen LogP contribution in [0, 0.1) is 0 Å². The third-order valence-corrected chi connectivity index (χ3v) is 4.84. The topological polar surface area (TPSA) is 55.3 Å². The lowest BCUT2D eigenvalue weighted by Crippen LogP contribution is -2.32. The van der Waals surface area contributed by atoms with Gasteiger partial charge in [-0.05, 0) is 12.1 Å². The van der Waals surface area contributed by atoms with Gasteiger partial charge in [-0.25, -0.2) is 4.98 Å². The van der Waals surface area contributed by atoms with Gasteiger partial charge in [-0.2, -0.15) is 0 Å². The smallest absolute Gasteiger partial charge is 0.273 e. The Morgan fingerprint density at radius 2 is 2.29 bits per heavy atom. The van der Waals surface area contributed by atoms with Gasteiger partial charge in [0.2, 0.25) is 5.91 Å². The molecule has 7 heteroatoms. The minimum Gasteiger partial charge on any atom is -0.465 e. The minimum atomic E-state index is 0.0611. The van der Waals surface area contributed by atoms with Gasteiger partial charge in [0.1, 0.15) is 6.10 Å². The Kier molecular flexibility index (Phi) is 4.72. The van der Waals surface area contributed by atoms with E-state index in [1.165, 1.54) is 23.1 Å². The van der Waals surface area contributed by atoms with Crippen LogP contribution in [-0.4, -0.2) is 45.7 Å². The lowest BCUT2D eigenvalue weighted by molar-refractivity contribution is -0.127. The van der Waals surface area contributed by atoms with Crippen LogP contribution < -0.4 is 4.74 Å². The summed E-state index contributed by atoms with van der Waals surface area (Å²) in [6, 6.07) is 3.83. The predicted molar refractivity (Wildman–Crippen MR) is 82.7 cm³/mol. The number of thiazole rings is 1. The van der Waals surface area contributed by atoms with E-state index in [0.717, 1.165) is 17.9 Å². The number of carbonyl (C=O) groups is 1. The van der Waals surface area contributed by atoms with Crippen LogP contribution in [0.4, 0.5) is 0 Å². The van der Waals surface area contributed by atoms with Crippen molar-refractivity contribution in [3.8, 4) is 5.19 Å². The highest BCUT2D eigenvalue weighted by molar-refractivity contribution is 8.00. The molecule has 1 saturated heterocycles. The Balaban J connectivity index is 1.46. The average Bonchev–Trinajstić information content (AvgIpc) is 3.18. The Hall–Kier alpha value is -1.60. The first-order chi connectivity index (χ1) is 10.3. The summed E-state index contributed by atoms with van der Waals surface area (Å²) in [6.45, 7) is 1.40. The summed E-state index contributed by atoms with van der Waals surface area (Å²) in [7, 11) is 0.